The number of benzene rings is 3. The molecule has 7 rings (SSSR count). The molecule has 3 aromatic carbocycles. The number of hydrazine groups is 1. The largest absolute Gasteiger partial charge is 0.496 e. The number of para-hydroxylation sites is 1. The van der Waals surface area contributed by atoms with E-state index in [1.54, 1.807) is 19.2 Å². The van der Waals surface area contributed by atoms with Gasteiger partial charge in [0.05, 0.1) is 47.2 Å². The van der Waals surface area contributed by atoms with Gasteiger partial charge in [0.2, 0.25) is 5.91 Å². The Balaban J connectivity index is 1.02. The van der Waals surface area contributed by atoms with E-state index in [9.17, 15) is 14.4 Å². The number of piperidine rings is 1. The number of amides is 2. The smallest absolute Gasteiger partial charge is 0.320 e. The van der Waals surface area contributed by atoms with Crippen LogP contribution in [0.2, 0.25) is 10.0 Å². The highest BCUT2D eigenvalue weighted by Gasteiger charge is 2.43. The van der Waals surface area contributed by atoms with Gasteiger partial charge in [-0.15, -0.1) is 5.10 Å². The molecule has 0 N–H and O–H groups in total. The molecule has 0 saturated carbocycles. The molecule has 16 heteroatoms. The Morgan fingerprint density at radius 1 is 0.895 bits per heavy atom. The number of hydrogen-bond donors (Lipinski definition) is 0. The van der Waals surface area contributed by atoms with Crippen LogP contribution in [-0.4, -0.2) is 137 Å². The number of anilines is 1. The second-order valence-electron chi connectivity index (χ2n) is 14.9. The van der Waals surface area contributed by atoms with E-state index < -0.39 is 0 Å². The van der Waals surface area contributed by atoms with Crippen LogP contribution in [0, 0.1) is 5.92 Å². The lowest BCUT2D eigenvalue weighted by Crippen LogP contribution is -2.58. The van der Waals surface area contributed by atoms with Gasteiger partial charge in [-0.25, -0.2) is 14.7 Å². The van der Waals surface area contributed by atoms with E-state index in [1.807, 2.05) is 71.4 Å². The normalized spacial score (nSPS) is 19.8. The minimum absolute atomic E-state index is 0.108. The maximum absolute atomic E-state index is 14.4. The molecule has 0 radical (unpaired) electrons. The summed E-state index contributed by atoms with van der Waals surface area (Å²) in [5, 5.41) is 16.4. The number of aromatic nitrogens is 4. The summed E-state index contributed by atoms with van der Waals surface area (Å²) >= 11 is 13.0. The molecule has 0 spiro atoms. The molecule has 3 aliphatic rings. The maximum Gasteiger partial charge on any atom is 0.320 e. The van der Waals surface area contributed by atoms with Gasteiger partial charge in [0.15, 0.2) is 0 Å². The molecule has 3 aliphatic heterocycles. The molecule has 3 saturated heterocycles. The van der Waals surface area contributed by atoms with Crippen LogP contribution in [-0.2, 0) is 19.7 Å². The number of ether oxygens (including phenoxy) is 2. The Hall–Kier alpha value is -4.60. The zero-order valence-corrected chi connectivity index (χ0v) is 33.9. The van der Waals surface area contributed by atoms with Crippen molar-refractivity contribution in [3.8, 4) is 11.4 Å². The van der Waals surface area contributed by atoms with E-state index >= 15 is 0 Å². The minimum Gasteiger partial charge on any atom is -0.496 e. The third-order valence-electron chi connectivity index (χ3n) is 11.5. The average Bonchev–Trinajstić information content (AvgIpc) is 3.94. The van der Waals surface area contributed by atoms with Crippen LogP contribution in [0.15, 0.2) is 73.1 Å². The molecule has 1 aromatic heterocycles. The van der Waals surface area contributed by atoms with E-state index in [1.165, 1.54) is 11.0 Å². The molecular weight excluding hydrogens is 769 g/mol. The van der Waals surface area contributed by atoms with E-state index in [2.05, 4.69) is 30.3 Å². The van der Waals surface area contributed by atoms with Crippen LogP contribution in [0.1, 0.15) is 48.5 Å². The molecule has 0 unspecified atom stereocenters. The summed E-state index contributed by atoms with van der Waals surface area (Å²) < 4.78 is 12.3. The Morgan fingerprint density at radius 3 is 2.35 bits per heavy atom. The van der Waals surface area contributed by atoms with Crippen LogP contribution in [0.25, 0.3) is 5.69 Å². The van der Waals surface area contributed by atoms with Gasteiger partial charge in [-0.3, -0.25) is 19.3 Å². The number of hydrogen-bond acceptors (Lipinski definition) is 11. The first-order valence-corrected chi connectivity index (χ1v) is 20.3. The number of methoxy groups -OCH3 is 1. The number of carbonyl (C=O) groups excluding carboxylic acids is 3. The highest BCUT2D eigenvalue weighted by molar-refractivity contribution is 6.42. The van der Waals surface area contributed by atoms with E-state index in [4.69, 9.17) is 32.7 Å². The highest BCUT2D eigenvalue weighted by Crippen LogP contribution is 2.41. The van der Waals surface area contributed by atoms with Crippen molar-refractivity contribution in [2.24, 2.45) is 5.92 Å². The molecular formula is C41H49Cl2N9O5. The van der Waals surface area contributed by atoms with E-state index in [0.717, 1.165) is 56.6 Å². The van der Waals surface area contributed by atoms with Crippen LogP contribution < -0.4 is 9.75 Å². The first kappa shape index (κ1) is 40.6. The Kier molecular flexibility index (Phi) is 13.1. The summed E-state index contributed by atoms with van der Waals surface area (Å²) in [4.78, 5) is 47.1. The number of carbonyl (C=O) groups is 3. The molecule has 3 fully saturated rings. The molecule has 1 atom stereocenters. The summed E-state index contributed by atoms with van der Waals surface area (Å²) in [5.74, 6) is 0.104. The molecule has 2 amide bonds. The molecule has 0 bridgehead atoms. The fourth-order valence-electron chi connectivity index (χ4n) is 8.34. The number of halogens is 2. The number of likely N-dealkylation sites (tertiary alicyclic amines) is 2. The average molecular weight is 819 g/mol. The number of nitrogens with zero attached hydrogens (tertiary/aromatic N) is 9. The number of esters is 1. The van der Waals surface area contributed by atoms with Gasteiger partial charge in [0.25, 0.3) is 5.91 Å². The molecule has 57 heavy (non-hydrogen) atoms. The molecule has 0 aliphatic carbocycles. The van der Waals surface area contributed by atoms with E-state index in [0.29, 0.717) is 72.9 Å². The van der Waals surface area contributed by atoms with Crippen molar-refractivity contribution in [2.45, 2.75) is 38.0 Å². The van der Waals surface area contributed by atoms with Crippen molar-refractivity contribution in [1.82, 2.24) is 39.9 Å². The van der Waals surface area contributed by atoms with Gasteiger partial charge in [-0.05, 0) is 111 Å². The maximum atomic E-state index is 14.4. The van der Waals surface area contributed by atoms with Crippen molar-refractivity contribution in [3.63, 3.8) is 0 Å². The second kappa shape index (κ2) is 18.3. The predicted octanol–water partition coefficient (Wildman–Crippen LogP) is 4.99. The lowest BCUT2D eigenvalue weighted by atomic mass is 9.76. The lowest BCUT2D eigenvalue weighted by Gasteiger charge is -2.43. The summed E-state index contributed by atoms with van der Waals surface area (Å²) in [6.07, 6.45) is 4.51. The summed E-state index contributed by atoms with van der Waals surface area (Å²) in [6.45, 7) is 8.44. The quantitative estimate of drug-likeness (QED) is 0.169. The van der Waals surface area contributed by atoms with Crippen LogP contribution >= 0.6 is 23.2 Å². The summed E-state index contributed by atoms with van der Waals surface area (Å²) in [7, 11) is 1.56. The topological polar surface area (TPSA) is 129 Å². The first-order valence-electron chi connectivity index (χ1n) is 19.6. The Bertz CT molecular complexity index is 2010. The standard InChI is InChI=1S/C41H49Cl2N9O5/c1-3-57-38(53)27-48-21-23-50(24-22-48)52(32-7-5-4-6-8-32)39(54)30-13-17-47(18-14-30)19-15-41(31-9-11-35(42)36(43)25-31)16-20-49(28-41)40(55)34-26-33(10-12-37(34)56-2)51-29-44-45-46-51/h4-12,25-26,29-30H,3,13-24,27-28H2,1-2H3/t41-/m0/s1. The van der Waals surface area contributed by atoms with Gasteiger partial charge in [0, 0.05) is 50.6 Å². The van der Waals surface area contributed by atoms with Crippen molar-refractivity contribution >= 4 is 46.7 Å². The number of piperazine rings is 1. The van der Waals surface area contributed by atoms with Crippen LogP contribution in [0.4, 0.5) is 5.69 Å². The summed E-state index contributed by atoms with van der Waals surface area (Å²) in [5.41, 5.74) is 2.63. The highest BCUT2D eigenvalue weighted by atomic mass is 35.5. The van der Waals surface area contributed by atoms with Crippen molar-refractivity contribution < 1.29 is 23.9 Å². The van der Waals surface area contributed by atoms with Gasteiger partial charge in [0.1, 0.15) is 12.1 Å². The van der Waals surface area contributed by atoms with Crippen LogP contribution in [0.3, 0.4) is 0 Å². The predicted molar refractivity (Wildman–Crippen MR) is 217 cm³/mol. The zero-order chi connectivity index (χ0) is 39.9. The molecule has 302 valence electrons. The minimum atomic E-state index is -0.364. The number of tetrazole rings is 1. The van der Waals surface area contributed by atoms with Gasteiger partial charge in [-0.2, -0.15) is 0 Å². The lowest BCUT2D eigenvalue weighted by molar-refractivity contribution is -0.145. The Morgan fingerprint density at radius 2 is 1.67 bits per heavy atom. The first-order chi connectivity index (χ1) is 27.7. The second-order valence-corrected chi connectivity index (χ2v) is 15.7. The Labute approximate surface area is 343 Å². The summed E-state index contributed by atoms with van der Waals surface area (Å²) in [6, 6.07) is 21.0. The van der Waals surface area contributed by atoms with E-state index in [-0.39, 0.29) is 35.7 Å². The van der Waals surface area contributed by atoms with Gasteiger partial charge >= 0.3 is 5.97 Å². The molecule has 4 aromatic rings. The number of rotatable bonds is 13. The van der Waals surface area contributed by atoms with Crippen molar-refractivity contribution in [3.05, 3.63) is 94.2 Å². The fourth-order valence-corrected chi connectivity index (χ4v) is 8.64. The zero-order valence-electron chi connectivity index (χ0n) is 32.4. The SMILES string of the molecule is CCOC(=O)CN1CCN(N(C(=O)C2CCN(CC[C@]3(c4ccc(Cl)c(Cl)c4)CCN(C(=O)c4cc(-n5cnnn5)ccc4OC)C3)CC2)c2ccccc2)CC1. The van der Waals surface area contributed by atoms with Crippen molar-refractivity contribution in [2.75, 3.05) is 84.2 Å². The van der Waals surface area contributed by atoms with Crippen LogP contribution in [0.5, 0.6) is 5.75 Å². The third kappa shape index (κ3) is 9.26. The molecule has 4 heterocycles. The monoisotopic (exact) mass is 817 g/mol. The van der Waals surface area contributed by atoms with Gasteiger partial charge < -0.3 is 19.3 Å². The van der Waals surface area contributed by atoms with Gasteiger partial charge in [-0.1, -0.05) is 47.5 Å². The molecule has 14 nitrogen and oxygen atoms in total. The third-order valence-corrected chi connectivity index (χ3v) is 12.3. The fraction of sp³-hybridized carbons (Fsp3) is 0.463. The van der Waals surface area contributed by atoms with Crippen molar-refractivity contribution in [1.29, 1.82) is 0 Å².